The van der Waals surface area contributed by atoms with Crippen LogP contribution in [0.2, 0.25) is 0 Å². The van der Waals surface area contributed by atoms with Crippen molar-refractivity contribution >= 4 is 11.6 Å². The van der Waals surface area contributed by atoms with E-state index in [1.807, 2.05) is 32.0 Å². The number of hydrogen-bond donors (Lipinski definition) is 1. The lowest BCUT2D eigenvalue weighted by atomic mass is 9.93. The van der Waals surface area contributed by atoms with Gasteiger partial charge in [0.15, 0.2) is 0 Å². The summed E-state index contributed by atoms with van der Waals surface area (Å²) in [5, 5.41) is 3.04. The summed E-state index contributed by atoms with van der Waals surface area (Å²) in [5.74, 6) is 1.22. The second-order valence-corrected chi connectivity index (χ2v) is 8.14. The summed E-state index contributed by atoms with van der Waals surface area (Å²) in [6.45, 7) is 10.8. The number of rotatable bonds is 9. The van der Waals surface area contributed by atoms with Crippen LogP contribution in [0.3, 0.4) is 0 Å². The molecule has 2 rings (SSSR count). The van der Waals surface area contributed by atoms with Gasteiger partial charge in [0, 0.05) is 12.3 Å². The number of carbonyl (C=O) groups is 1. The summed E-state index contributed by atoms with van der Waals surface area (Å²) in [6, 6.07) is 5.87. The lowest BCUT2D eigenvalue weighted by molar-refractivity contribution is -0.141. The highest BCUT2D eigenvalue weighted by Crippen LogP contribution is 2.29. The van der Waals surface area contributed by atoms with E-state index in [9.17, 15) is 4.79 Å². The maximum absolute atomic E-state index is 12.9. The monoisotopic (exact) mass is 361 g/mol. The molecule has 0 heterocycles. The fraction of sp³-hybridized carbons (Fsp3) is 0.682. The van der Waals surface area contributed by atoms with E-state index in [2.05, 4.69) is 26.1 Å². The average molecular weight is 362 g/mol. The van der Waals surface area contributed by atoms with Gasteiger partial charge in [0.2, 0.25) is 0 Å². The van der Waals surface area contributed by atoms with Crippen molar-refractivity contribution in [3.8, 4) is 5.75 Å². The predicted octanol–water partition coefficient (Wildman–Crippen LogP) is 5.49. The molecule has 146 valence electrons. The molecule has 26 heavy (non-hydrogen) atoms. The molecule has 1 unspecified atom stereocenters. The Balaban J connectivity index is 2.05. The van der Waals surface area contributed by atoms with Crippen molar-refractivity contribution in [3.63, 3.8) is 0 Å². The molecule has 1 aliphatic carbocycles. The summed E-state index contributed by atoms with van der Waals surface area (Å²) in [4.78, 5) is 12.9. The summed E-state index contributed by atoms with van der Waals surface area (Å²) in [7, 11) is 0. The van der Waals surface area contributed by atoms with Crippen LogP contribution in [-0.4, -0.2) is 24.2 Å². The Morgan fingerprint density at radius 1 is 1.31 bits per heavy atom. The topological polar surface area (TPSA) is 47.6 Å². The minimum Gasteiger partial charge on any atom is -0.490 e. The van der Waals surface area contributed by atoms with E-state index in [0.29, 0.717) is 25.0 Å². The van der Waals surface area contributed by atoms with Gasteiger partial charge in [-0.25, -0.2) is 0 Å². The molecule has 0 aromatic heterocycles. The number of amides is 1. The molecule has 1 fully saturated rings. The molecule has 0 spiro atoms. The third-order valence-corrected chi connectivity index (χ3v) is 4.93. The molecule has 1 aliphatic rings. The largest absolute Gasteiger partial charge is 0.490 e. The number of anilines is 1. The number of hydrogen-bond acceptors (Lipinski definition) is 3. The Labute approximate surface area is 158 Å². The average Bonchev–Trinajstić information content (AvgIpc) is 3.08. The molecule has 1 aromatic rings. The van der Waals surface area contributed by atoms with Crippen LogP contribution in [-0.2, 0) is 9.53 Å². The van der Waals surface area contributed by atoms with E-state index < -0.39 is 5.60 Å². The normalized spacial score (nSPS) is 17.3. The predicted molar refractivity (Wildman–Crippen MR) is 107 cm³/mol. The lowest BCUT2D eigenvalue weighted by Gasteiger charge is -2.30. The van der Waals surface area contributed by atoms with E-state index in [0.717, 1.165) is 36.3 Å². The molecule has 0 radical (unpaired) electrons. The molecule has 0 aliphatic heterocycles. The Morgan fingerprint density at radius 2 is 2.00 bits per heavy atom. The number of nitrogens with one attached hydrogen (secondary N) is 1. The second-order valence-electron chi connectivity index (χ2n) is 8.14. The van der Waals surface area contributed by atoms with Gasteiger partial charge < -0.3 is 14.8 Å². The summed E-state index contributed by atoms with van der Waals surface area (Å²) in [6.07, 6.45) is 6.72. The van der Waals surface area contributed by atoms with Crippen LogP contribution in [0, 0.1) is 12.8 Å². The van der Waals surface area contributed by atoms with Gasteiger partial charge >= 0.3 is 0 Å². The molecular weight excluding hydrogens is 326 g/mol. The minimum atomic E-state index is -0.808. The maximum Gasteiger partial charge on any atom is 0.256 e. The number of benzene rings is 1. The summed E-state index contributed by atoms with van der Waals surface area (Å²) >= 11 is 0. The number of ether oxygens (including phenoxy) is 2. The van der Waals surface area contributed by atoms with Crippen molar-refractivity contribution in [2.75, 3.05) is 11.9 Å². The fourth-order valence-electron chi connectivity index (χ4n) is 3.63. The third-order valence-electron chi connectivity index (χ3n) is 4.93. The fourth-order valence-corrected chi connectivity index (χ4v) is 3.63. The van der Waals surface area contributed by atoms with Crippen molar-refractivity contribution in [1.82, 2.24) is 0 Å². The first-order valence-electron chi connectivity index (χ1n) is 10.1. The van der Waals surface area contributed by atoms with Crippen molar-refractivity contribution in [2.45, 2.75) is 84.8 Å². The van der Waals surface area contributed by atoms with Crippen molar-refractivity contribution < 1.29 is 14.3 Å². The quantitative estimate of drug-likeness (QED) is 0.633. The van der Waals surface area contributed by atoms with Gasteiger partial charge in [-0.1, -0.05) is 20.8 Å². The standard InChI is InChI=1S/C22H35NO3/c1-6-13-25-22(5,15-16(2)3)21(24)23-18-11-12-20(17(4)14-18)26-19-9-7-8-10-19/h11-12,14,16,19H,6-10,13,15H2,1-5H3,(H,23,24). The molecular formula is C22H35NO3. The third kappa shape index (κ3) is 5.73. The first-order valence-corrected chi connectivity index (χ1v) is 10.1. The highest BCUT2D eigenvalue weighted by atomic mass is 16.5. The van der Waals surface area contributed by atoms with Crippen molar-refractivity contribution in [1.29, 1.82) is 0 Å². The van der Waals surface area contributed by atoms with Crippen molar-refractivity contribution in [2.24, 2.45) is 5.92 Å². The Morgan fingerprint density at radius 3 is 2.58 bits per heavy atom. The lowest BCUT2D eigenvalue weighted by Crippen LogP contribution is -2.44. The molecule has 0 bridgehead atoms. The van der Waals surface area contributed by atoms with Gasteiger partial charge in [0.25, 0.3) is 5.91 Å². The molecule has 1 aromatic carbocycles. The molecule has 1 atom stereocenters. The highest BCUT2D eigenvalue weighted by Gasteiger charge is 2.35. The van der Waals surface area contributed by atoms with Crippen LogP contribution in [0.25, 0.3) is 0 Å². The smallest absolute Gasteiger partial charge is 0.256 e. The molecule has 4 heteroatoms. The summed E-state index contributed by atoms with van der Waals surface area (Å²) in [5.41, 5.74) is 1.04. The Hall–Kier alpha value is -1.55. The van der Waals surface area contributed by atoms with Gasteiger partial charge in [-0.05, 0) is 82.1 Å². The second kappa shape index (κ2) is 9.40. The zero-order valence-electron chi connectivity index (χ0n) is 17.1. The molecule has 1 saturated carbocycles. The number of carbonyl (C=O) groups excluding carboxylic acids is 1. The van der Waals surface area contributed by atoms with Gasteiger partial charge in [-0.15, -0.1) is 0 Å². The van der Waals surface area contributed by atoms with Gasteiger partial charge in [0.05, 0.1) is 6.10 Å². The van der Waals surface area contributed by atoms with Gasteiger partial charge in [-0.2, -0.15) is 0 Å². The van der Waals surface area contributed by atoms with E-state index in [4.69, 9.17) is 9.47 Å². The van der Waals surface area contributed by atoms with Crippen LogP contribution in [0.15, 0.2) is 18.2 Å². The van der Waals surface area contributed by atoms with E-state index in [-0.39, 0.29) is 5.91 Å². The van der Waals surface area contributed by atoms with Crippen LogP contribution in [0.5, 0.6) is 5.75 Å². The van der Waals surface area contributed by atoms with E-state index >= 15 is 0 Å². The number of aryl methyl sites for hydroxylation is 1. The first-order chi connectivity index (χ1) is 12.3. The van der Waals surface area contributed by atoms with Crippen molar-refractivity contribution in [3.05, 3.63) is 23.8 Å². The SMILES string of the molecule is CCCOC(C)(CC(C)C)C(=O)Nc1ccc(OC2CCCC2)c(C)c1. The zero-order chi connectivity index (χ0) is 19.2. The van der Waals surface area contributed by atoms with Gasteiger partial charge in [-0.3, -0.25) is 4.79 Å². The molecule has 1 N–H and O–H groups in total. The molecule has 4 nitrogen and oxygen atoms in total. The minimum absolute atomic E-state index is 0.0801. The maximum atomic E-state index is 12.9. The zero-order valence-corrected chi connectivity index (χ0v) is 17.1. The Kier molecular flexibility index (Phi) is 7.51. The van der Waals surface area contributed by atoms with E-state index in [1.54, 1.807) is 0 Å². The Bertz CT molecular complexity index is 593. The van der Waals surface area contributed by atoms with Gasteiger partial charge in [0.1, 0.15) is 11.4 Å². The van der Waals surface area contributed by atoms with E-state index in [1.165, 1.54) is 12.8 Å². The molecule has 0 saturated heterocycles. The van der Waals surface area contributed by atoms with Crippen LogP contribution in [0.1, 0.15) is 71.8 Å². The van der Waals surface area contributed by atoms with Crippen LogP contribution >= 0.6 is 0 Å². The first kappa shape index (κ1) is 20.8. The highest BCUT2D eigenvalue weighted by molar-refractivity contribution is 5.97. The summed E-state index contributed by atoms with van der Waals surface area (Å²) < 4.78 is 12.0. The van der Waals surface area contributed by atoms with Crippen LogP contribution in [0.4, 0.5) is 5.69 Å². The van der Waals surface area contributed by atoms with Crippen LogP contribution < -0.4 is 10.1 Å². The molecule has 1 amide bonds.